The average molecular weight is 546 g/mol. The van der Waals surface area contributed by atoms with Gasteiger partial charge in [-0.15, -0.1) is 12.4 Å². The third-order valence-corrected chi connectivity index (χ3v) is 4.09. The first kappa shape index (κ1) is 34.5. The lowest BCUT2D eigenvalue weighted by molar-refractivity contribution is -0.213. The molecule has 0 saturated heterocycles. The van der Waals surface area contributed by atoms with Crippen LogP contribution >= 0.6 is 12.4 Å². The lowest BCUT2D eigenvalue weighted by Crippen LogP contribution is -2.65. The molecule has 0 unspecified atom stereocenters. The van der Waals surface area contributed by atoms with Gasteiger partial charge in [-0.05, 0) is 40.0 Å². The van der Waals surface area contributed by atoms with Gasteiger partial charge in [0.05, 0.1) is 13.1 Å². The van der Waals surface area contributed by atoms with E-state index in [2.05, 4.69) is 5.43 Å². The summed E-state index contributed by atoms with van der Waals surface area (Å²) in [7, 11) is 0. The number of carboxylic acid groups (broad SMARTS) is 1. The standard InChI is InChI=1S/C17H29F6N7O4.ClH/c1-14(2,3)34-11(33)15(10(31)32,29(8-16(18,19)20)9-17(21,22)23)6-4-5-7-30(13(26)27)28-12(24)25;/h4-9H2,1-3H3,(H3,26,27)(H,31,32)(H4,24,25,28);1H/t15-;/m1./s1. The van der Waals surface area contributed by atoms with Crippen LogP contribution in [-0.4, -0.2) is 82.0 Å². The maximum Gasteiger partial charge on any atom is 0.401 e. The molecule has 0 aromatic heterocycles. The van der Waals surface area contributed by atoms with Crippen LogP contribution in [0.3, 0.4) is 0 Å². The van der Waals surface area contributed by atoms with Gasteiger partial charge in [-0.3, -0.25) is 26.2 Å². The maximum absolute atomic E-state index is 13.1. The van der Waals surface area contributed by atoms with Gasteiger partial charge in [-0.2, -0.15) is 26.3 Å². The molecule has 0 aliphatic heterocycles. The first-order valence-electron chi connectivity index (χ1n) is 9.68. The Labute approximate surface area is 203 Å². The number of hydrogen-bond acceptors (Lipinski definition) is 6. The van der Waals surface area contributed by atoms with E-state index in [1.54, 1.807) is 0 Å². The number of carboxylic acids is 1. The van der Waals surface area contributed by atoms with Crippen molar-refractivity contribution in [3.63, 3.8) is 0 Å². The highest BCUT2D eigenvalue weighted by molar-refractivity contribution is 6.04. The number of rotatable bonds is 10. The van der Waals surface area contributed by atoms with Gasteiger partial charge in [-0.25, -0.2) is 9.59 Å². The minimum atomic E-state index is -5.27. The fourth-order valence-corrected chi connectivity index (χ4v) is 2.87. The number of unbranched alkanes of at least 4 members (excludes halogenated alkanes) is 1. The maximum atomic E-state index is 13.1. The van der Waals surface area contributed by atoms with E-state index in [9.17, 15) is 41.0 Å². The van der Waals surface area contributed by atoms with Crippen LogP contribution in [0.5, 0.6) is 0 Å². The summed E-state index contributed by atoms with van der Waals surface area (Å²) in [5.74, 6) is -5.28. The number of carbonyl (C=O) groups is 2. The molecule has 0 heterocycles. The Kier molecular flexibility index (Phi) is 12.7. The zero-order valence-corrected chi connectivity index (χ0v) is 20.0. The van der Waals surface area contributed by atoms with Gasteiger partial charge in [0.25, 0.3) is 0 Å². The molecule has 8 N–H and O–H groups in total. The van der Waals surface area contributed by atoms with Crippen molar-refractivity contribution in [3.8, 4) is 0 Å². The monoisotopic (exact) mass is 545 g/mol. The minimum absolute atomic E-state index is 0. The summed E-state index contributed by atoms with van der Waals surface area (Å²) in [5, 5.41) is 25.1. The molecule has 0 aliphatic carbocycles. The normalized spacial score (nSPS) is 13.9. The number of carbonyl (C=O) groups excluding carboxylic acids is 1. The Morgan fingerprint density at radius 2 is 1.43 bits per heavy atom. The van der Waals surface area contributed by atoms with Crippen LogP contribution in [0.25, 0.3) is 0 Å². The fourth-order valence-electron chi connectivity index (χ4n) is 2.87. The lowest BCUT2D eigenvalue weighted by Gasteiger charge is -2.40. The van der Waals surface area contributed by atoms with Crippen molar-refractivity contribution in [3.05, 3.63) is 0 Å². The zero-order valence-electron chi connectivity index (χ0n) is 19.1. The number of nitrogens with one attached hydrogen (secondary N) is 3. The third-order valence-electron chi connectivity index (χ3n) is 4.09. The number of hydrazine groups is 1. The largest absolute Gasteiger partial charge is 0.479 e. The van der Waals surface area contributed by atoms with Crippen molar-refractivity contribution >= 4 is 36.3 Å². The van der Waals surface area contributed by atoms with Gasteiger partial charge in [0.1, 0.15) is 5.60 Å². The van der Waals surface area contributed by atoms with Gasteiger partial charge in [0.15, 0.2) is 0 Å². The molecular weight excluding hydrogens is 516 g/mol. The van der Waals surface area contributed by atoms with Gasteiger partial charge in [0.2, 0.25) is 17.5 Å². The molecule has 0 aromatic rings. The van der Waals surface area contributed by atoms with Crippen LogP contribution < -0.4 is 16.9 Å². The van der Waals surface area contributed by atoms with Crippen molar-refractivity contribution in [2.75, 3.05) is 19.6 Å². The second-order valence-corrected chi connectivity index (χ2v) is 8.27. The first-order chi connectivity index (χ1) is 15.1. The number of nitrogens with two attached hydrogens (primary N) is 2. The number of ether oxygens (including phenoxy) is 1. The number of guanidine groups is 2. The lowest BCUT2D eigenvalue weighted by atomic mass is 9.89. The SMILES string of the molecule is CC(C)(C)OC(=O)[C@@](CCCCN(NC(=N)N)C(=N)N)(C(=O)O)N(CC(F)(F)F)CC(F)(F)F.Cl. The van der Waals surface area contributed by atoms with Crippen molar-refractivity contribution in [1.82, 2.24) is 15.3 Å². The van der Waals surface area contributed by atoms with E-state index in [1.165, 1.54) is 20.8 Å². The molecule has 0 bridgehead atoms. The number of nitrogens with zero attached hydrogens (tertiary/aromatic N) is 2. The van der Waals surface area contributed by atoms with E-state index in [0.29, 0.717) is 0 Å². The predicted octanol–water partition coefficient (Wildman–Crippen LogP) is 1.76. The third kappa shape index (κ3) is 12.5. The van der Waals surface area contributed by atoms with Gasteiger partial charge >= 0.3 is 24.3 Å². The smallest absolute Gasteiger partial charge is 0.401 e. The Bertz CT molecular complexity index is 745. The molecule has 35 heavy (non-hydrogen) atoms. The summed E-state index contributed by atoms with van der Waals surface area (Å²) in [5.41, 5.74) is 7.82. The molecule has 1 atom stereocenters. The first-order valence-corrected chi connectivity index (χ1v) is 9.68. The number of alkyl halides is 6. The number of halogens is 7. The minimum Gasteiger partial charge on any atom is -0.479 e. The molecule has 0 amide bonds. The Balaban J connectivity index is 0. The van der Waals surface area contributed by atoms with Crippen LogP contribution in [0.4, 0.5) is 26.3 Å². The molecule has 0 rings (SSSR count). The number of aliphatic carboxylic acids is 1. The summed E-state index contributed by atoms with van der Waals surface area (Å²) < 4.78 is 83.8. The summed E-state index contributed by atoms with van der Waals surface area (Å²) >= 11 is 0. The molecule has 0 saturated carbocycles. The van der Waals surface area contributed by atoms with Crippen molar-refractivity contribution < 1.29 is 45.8 Å². The van der Waals surface area contributed by atoms with E-state index in [4.69, 9.17) is 27.0 Å². The summed E-state index contributed by atoms with van der Waals surface area (Å²) in [6, 6.07) is 0. The van der Waals surface area contributed by atoms with E-state index >= 15 is 0 Å². The highest BCUT2D eigenvalue weighted by Gasteiger charge is 2.57. The number of esters is 1. The second kappa shape index (κ2) is 12.9. The Hall–Kier alpha value is -2.69. The van der Waals surface area contributed by atoms with E-state index in [-0.39, 0.29) is 25.4 Å². The van der Waals surface area contributed by atoms with Crippen LogP contribution in [0.15, 0.2) is 0 Å². The quantitative estimate of drug-likeness (QED) is 0.0453. The molecule has 0 spiro atoms. The summed E-state index contributed by atoms with van der Waals surface area (Å²) in [6.45, 7) is -1.11. The molecule has 18 heteroatoms. The van der Waals surface area contributed by atoms with Crippen molar-refractivity contribution in [2.45, 2.75) is 63.5 Å². The van der Waals surface area contributed by atoms with Crippen LogP contribution in [0, 0.1) is 10.8 Å². The molecule has 0 fully saturated rings. The van der Waals surface area contributed by atoms with Crippen LogP contribution in [0.2, 0.25) is 0 Å². The molecule has 0 radical (unpaired) electrons. The zero-order chi connectivity index (χ0) is 27.1. The number of hydrogen-bond donors (Lipinski definition) is 6. The van der Waals surface area contributed by atoms with Crippen LogP contribution in [0.1, 0.15) is 40.0 Å². The van der Waals surface area contributed by atoms with E-state index in [1.807, 2.05) is 0 Å². The van der Waals surface area contributed by atoms with E-state index < -0.39 is 78.2 Å². The summed E-state index contributed by atoms with van der Waals surface area (Å²) in [6.07, 6.45) is -12.1. The molecule has 206 valence electrons. The van der Waals surface area contributed by atoms with Gasteiger partial charge in [0, 0.05) is 6.54 Å². The highest BCUT2D eigenvalue weighted by atomic mass is 35.5. The average Bonchev–Trinajstić information content (AvgIpc) is 2.55. The predicted molar refractivity (Wildman–Crippen MR) is 115 cm³/mol. The second-order valence-electron chi connectivity index (χ2n) is 8.27. The molecule has 0 aromatic carbocycles. The van der Waals surface area contributed by atoms with Gasteiger partial charge < -0.3 is 21.3 Å². The van der Waals surface area contributed by atoms with Crippen molar-refractivity contribution in [1.29, 1.82) is 10.8 Å². The van der Waals surface area contributed by atoms with Crippen LogP contribution in [-0.2, 0) is 14.3 Å². The molecule has 0 aliphatic rings. The topological polar surface area (TPSA) is 182 Å². The molecule has 11 nitrogen and oxygen atoms in total. The molecular formula is C17H30ClF6N7O4. The summed E-state index contributed by atoms with van der Waals surface area (Å²) in [4.78, 5) is 24.5. The Morgan fingerprint density at radius 1 is 0.971 bits per heavy atom. The highest BCUT2D eigenvalue weighted by Crippen LogP contribution is 2.33. The fraction of sp³-hybridized carbons (Fsp3) is 0.765. The van der Waals surface area contributed by atoms with Gasteiger partial charge in [-0.1, -0.05) is 0 Å². The van der Waals surface area contributed by atoms with E-state index in [0.717, 1.165) is 5.01 Å². The van der Waals surface area contributed by atoms with Crippen molar-refractivity contribution in [2.24, 2.45) is 11.5 Å². The Morgan fingerprint density at radius 3 is 1.74 bits per heavy atom.